The van der Waals surface area contributed by atoms with Crippen LogP contribution in [0.4, 0.5) is 4.79 Å². The van der Waals surface area contributed by atoms with Crippen molar-refractivity contribution in [1.29, 1.82) is 0 Å². The van der Waals surface area contributed by atoms with Gasteiger partial charge in [-0.1, -0.05) is 27.7 Å². The Morgan fingerprint density at radius 3 is 2.17 bits per heavy atom. The lowest BCUT2D eigenvalue weighted by molar-refractivity contribution is -0.488. The van der Waals surface area contributed by atoms with Crippen molar-refractivity contribution in [3.63, 3.8) is 0 Å². The van der Waals surface area contributed by atoms with Gasteiger partial charge in [0.1, 0.15) is 17.8 Å². The number of nitrogens with zero attached hydrogens (tertiary/aromatic N) is 3. The summed E-state index contributed by atoms with van der Waals surface area (Å²) in [4.78, 5) is 38.8. The third-order valence-corrected chi connectivity index (χ3v) is 3.89. The molecule has 1 rings (SSSR count). The Hall–Kier alpha value is -1.86. The second-order valence-corrected chi connectivity index (χ2v) is 8.51. The normalized spacial score (nSPS) is 23.4. The summed E-state index contributed by atoms with van der Waals surface area (Å²) >= 11 is 0. The minimum atomic E-state index is -0.903. The summed E-state index contributed by atoms with van der Waals surface area (Å²) in [6, 6.07) is -0.903. The van der Waals surface area contributed by atoms with Crippen molar-refractivity contribution >= 4 is 12.0 Å². The minimum absolute atomic E-state index is 0.296. The summed E-state index contributed by atoms with van der Waals surface area (Å²) < 4.78 is 5.47. The summed E-state index contributed by atoms with van der Waals surface area (Å²) in [5.41, 5.74) is -1.15. The maximum absolute atomic E-state index is 12.8. The summed E-state index contributed by atoms with van der Waals surface area (Å²) in [5.74, 6) is -0.912. The third-order valence-electron chi connectivity index (χ3n) is 3.89. The Morgan fingerprint density at radius 1 is 1.29 bits per heavy atom. The number of hydrogen-bond donors (Lipinski definition) is 0. The second-order valence-electron chi connectivity index (χ2n) is 8.51. The summed E-state index contributed by atoms with van der Waals surface area (Å²) in [5, 5.41) is 10.9. The number of likely N-dealkylation sites (N-methyl/N-ethyl adjacent to an activating group) is 1. The van der Waals surface area contributed by atoms with Crippen molar-refractivity contribution in [1.82, 2.24) is 9.80 Å². The molecule has 1 aliphatic rings. The van der Waals surface area contributed by atoms with E-state index in [4.69, 9.17) is 4.74 Å². The van der Waals surface area contributed by atoms with Crippen LogP contribution < -0.4 is 0 Å². The Bertz CT molecular complexity index is 521. The van der Waals surface area contributed by atoms with Crippen molar-refractivity contribution in [2.24, 2.45) is 11.3 Å². The fraction of sp³-hybridized carbons (Fsp3) is 0.875. The number of rotatable bonds is 3. The molecule has 0 aliphatic carbocycles. The van der Waals surface area contributed by atoms with Gasteiger partial charge in [-0.2, -0.15) is 0 Å². The minimum Gasteiger partial charge on any atom is -0.444 e. The second kappa shape index (κ2) is 6.57. The first-order chi connectivity index (χ1) is 10.7. The van der Waals surface area contributed by atoms with E-state index in [1.54, 1.807) is 34.7 Å². The predicted molar refractivity (Wildman–Crippen MR) is 88.9 cm³/mol. The van der Waals surface area contributed by atoms with Gasteiger partial charge in [-0.25, -0.2) is 4.79 Å². The monoisotopic (exact) mass is 343 g/mol. The zero-order valence-electron chi connectivity index (χ0n) is 15.8. The van der Waals surface area contributed by atoms with Gasteiger partial charge >= 0.3 is 6.09 Å². The first-order valence-corrected chi connectivity index (χ1v) is 8.06. The van der Waals surface area contributed by atoms with Gasteiger partial charge in [0.2, 0.25) is 12.5 Å². The molecule has 1 aliphatic heterocycles. The van der Waals surface area contributed by atoms with Crippen LogP contribution in [0.5, 0.6) is 0 Å². The van der Waals surface area contributed by atoms with E-state index in [9.17, 15) is 19.7 Å². The molecule has 0 N–H and O–H groups in total. The van der Waals surface area contributed by atoms with Gasteiger partial charge < -0.3 is 9.64 Å². The van der Waals surface area contributed by atoms with E-state index in [1.165, 1.54) is 9.80 Å². The van der Waals surface area contributed by atoms with Gasteiger partial charge in [-0.05, 0) is 20.8 Å². The van der Waals surface area contributed by atoms with E-state index in [1.807, 2.05) is 20.8 Å². The maximum atomic E-state index is 12.8. The molecule has 0 bridgehead atoms. The Kier molecular flexibility index (Phi) is 5.52. The van der Waals surface area contributed by atoms with Gasteiger partial charge in [-0.3, -0.25) is 19.8 Å². The molecule has 0 radical (unpaired) electrons. The van der Waals surface area contributed by atoms with Crippen LogP contribution in [0.1, 0.15) is 48.5 Å². The SMILES string of the molecule is CC(C[N+](=O)[O-])C1C(=O)N(C)C(C(C)(C)C)N1C(=O)OC(C)(C)C. The molecular weight excluding hydrogens is 314 g/mol. The summed E-state index contributed by atoms with van der Waals surface area (Å²) in [6.07, 6.45) is -1.15. The quantitative estimate of drug-likeness (QED) is 0.579. The Morgan fingerprint density at radius 2 is 1.79 bits per heavy atom. The lowest BCUT2D eigenvalue weighted by atomic mass is 9.91. The van der Waals surface area contributed by atoms with E-state index >= 15 is 0 Å². The molecular formula is C16H29N3O5. The van der Waals surface area contributed by atoms with Crippen LogP contribution in [-0.4, -0.2) is 58.1 Å². The molecule has 3 atom stereocenters. The van der Waals surface area contributed by atoms with Gasteiger partial charge in [0.25, 0.3) is 0 Å². The molecule has 1 saturated heterocycles. The van der Waals surface area contributed by atoms with Gasteiger partial charge in [0.15, 0.2) is 0 Å². The van der Waals surface area contributed by atoms with Crippen LogP contribution in [-0.2, 0) is 9.53 Å². The largest absolute Gasteiger partial charge is 0.444 e. The smallest absolute Gasteiger partial charge is 0.412 e. The fourth-order valence-corrected chi connectivity index (χ4v) is 3.17. The molecule has 8 heteroatoms. The third kappa shape index (κ3) is 4.36. The van der Waals surface area contributed by atoms with Crippen LogP contribution in [0.3, 0.4) is 0 Å². The van der Waals surface area contributed by atoms with Crippen molar-refractivity contribution in [2.45, 2.75) is 66.3 Å². The molecule has 138 valence electrons. The Balaban J connectivity index is 3.30. The lowest BCUT2D eigenvalue weighted by Gasteiger charge is -2.39. The van der Waals surface area contributed by atoms with Crippen LogP contribution in [0.15, 0.2) is 0 Å². The molecule has 8 nitrogen and oxygen atoms in total. The number of amides is 2. The number of carbonyl (C=O) groups is 2. The van der Waals surface area contributed by atoms with E-state index < -0.39 is 40.2 Å². The number of nitro groups is 1. The summed E-state index contributed by atoms with van der Waals surface area (Å²) in [7, 11) is 1.62. The first-order valence-electron chi connectivity index (χ1n) is 8.06. The predicted octanol–water partition coefficient (Wildman–Crippen LogP) is 2.35. The van der Waals surface area contributed by atoms with Crippen LogP contribution in [0, 0.1) is 21.4 Å². The average molecular weight is 343 g/mol. The Labute approximate surface area is 143 Å². The van der Waals surface area contributed by atoms with Gasteiger partial charge in [-0.15, -0.1) is 0 Å². The highest BCUT2D eigenvalue weighted by Crippen LogP contribution is 2.37. The van der Waals surface area contributed by atoms with Crippen molar-refractivity contribution in [3.05, 3.63) is 10.1 Å². The highest BCUT2D eigenvalue weighted by atomic mass is 16.6. The number of hydrogen-bond acceptors (Lipinski definition) is 5. The maximum Gasteiger partial charge on any atom is 0.412 e. The highest BCUT2D eigenvalue weighted by Gasteiger charge is 2.54. The molecule has 24 heavy (non-hydrogen) atoms. The topological polar surface area (TPSA) is 93.0 Å². The molecule has 0 aromatic heterocycles. The van der Waals surface area contributed by atoms with E-state index in [0.29, 0.717) is 0 Å². The van der Waals surface area contributed by atoms with Crippen molar-refractivity contribution < 1.29 is 19.2 Å². The van der Waals surface area contributed by atoms with Gasteiger partial charge in [0.05, 0.1) is 5.92 Å². The van der Waals surface area contributed by atoms with Crippen LogP contribution in [0.2, 0.25) is 0 Å². The molecule has 0 aromatic rings. The van der Waals surface area contributed by atoms with Gasteiger partial charge in [0, 0.05) is 17.4 Å². The number of carbonyl (C=O) groups excluding carboxylic acids is 2. The summed E-state index contributed by atoms with van der Waals surface area (Å²) in [6.45, 7) is 12.2. The first kappa shape index (κ1) is 20.2. The lowest BCUT2D eigenvalue weighted by Crippen LogP contribution is -2.53. The zero-order chi connectivity index (χ0) is 19.0. The standard InChI is InChI=1S/C16H29N3O5/c1-10(9-18(22)23)11-12(20)17(8)13(15(2,3)4)19(11)14(21)24-16(5,6)7/h10-11,13H,9H2,1-8H3. The van der Waals surface area contributed by atoms with E-state index in [0.717, 1.165) is 0 Å². The van der Waals surface area contributed by atoms with Crippen LogP contribution >= 0.6 is 0 Å². The average Bonchev–Trinajstić information content (AvgIpc) is 2.58. The van der Waals surface area contributed by atoms with Crippen molar-refractivity contribution in [3.8, 4) is 0 Å². The fourth-order valence-electron chi connectivity index (χ4n) is 3.17. The molecule has 0 saturated carbocycles. The number of ether oxygens (including phenoxy) is 1. The van der Waals surface area contributed by atoms with Crippen LogP contribution in [0.25, 0.3) is 0 Å². The molecule has 3 unspecified atom stereocenters. The molecule has 0 spiro atoms. The molecule has 1 heterocycles. The zero-order valence-corrected chi connectivity index (χ0v) is 15.8. The highest BCUT2D eigenvalue weighted by molar-refractivity contribution is 5.89. The molecule has 0 aromatic carbocycles. The molecule has 2 amide bonds. The van der Waals surface area contributed by atoms with E-state index in [2.05, 4.69) is 0 Å². The van der Waals surface area contributed by atoms with Crippen molar-refractivity contribution in [2.75, 3.05) is 13.6 Å². The van der Waals surface area contributed by atoms with E-state index in [-0.39, 0.29) is 12.5 Å². The molecule has 1 fully saturated rings.